The number of nitro benzene ring substituents is 1. The highest BCUT2D eigenvalue weighted by molar-refractivity contribution is 6.31. The number of fused-ring (bicyclic) bond motifs is 1. The van der Waals surface area contributed by atoms with Gasteiger partial charge < -0.3 is 9.47 Å². The molecule has 5 aromatic rings. The van der Waals surface area contributed by atoms with Crippen molar-refractivity contribution in [2.45, 2.75) is 40.2 Å². The van der Waals surface area contributed by atoms with Gasteiger partial charge in [-0.1, -0.05) is 55.8 Å². The van der Waals surface area contributed by atoms with Crippen LogP contribution in [-0.4, -0.2) is 27.4 Å². The maximum Gasteiger partial charge on any atom is 0.313 e. The van der Waals surface area contributed by atoms with E-state index in [9.17, 15) is 19.3 Å². The summed E-state index contributed by atoms with van der Waals surface area (Å²) in [6, 6.07) is 19.3. The average molecular weight is 629 g/mol. The SMILES string of the molecule is CCOc1cc(C)c(-c2nc3ccccc3c(=O)n2N=Cc2cc(Cl)cc([N+](=O)[O-])c2OCc2ccccc2F)cc1C(C)C. The van der Waals surface area contributed by atoms with E-state index in [-0.39, 0.29) is 40.2 Å². The molecule has 45 heavy (non-hydrogen) atoms. The third-order valence-corrected chi connectivity index (χ3v) is 7.39. The second-order valence-corrected chi connectivity index (χ2v) is 11.0. The number of aryl methyl sites for hydroxylation is 1. The summed E-state index contributed by atoms with van der Waals surface area (Å²) in [5.74, 6) is 0.419. The minimum Gasteiger partial charge on any atom is -0.494 e. The van der Waals surface area contributed by atoms with Gasteiger partial charge in [-0.2, -0.15) is 9.78 Å². The highest BCUT2D eigenvalue weighted by Gasteiger charge is 2.22. The second kappa shape index (κ2) is 13.3. The third-order valence-electron chi connectivity index (χ3n) is 7.18. The maximum atomic E-state index is 14.3. The van der Waals surface area contributed by atoms with Crippen LogP contribution in [0.2, 0.25) is 5.02 Å². The molecule has 11 heteroatoms. The first-order valence-corrected chi connectivity index (χ1v) is 14.6. The van der Waals surface area contributed by atoms with Crippen molar-refractivity contribution in [3.05, 3.63) is 126 Å². The van der Waals surface area contributed by atoms with Crippen LogP contribution in [-0.2, 0) is 6.61 Å². The van der Waals surface area contributed by atoms with Gasteiger partial charge in [0.15, 0.2) is 5.82 Å². The molecule has 0 radical (unpaired) electrons. The molecule has 0 aliphatic carbocycles. The third kappa shape index (κ3) is 6.56. The Kier molecular flexibility index (Phi) is 9.24. The summed E-state index contributed by atoms with van der Waals surface area (Å²) < 4.78 is 27.2. The molecule has 0 aliphatic rings. The summed E-state index contributed by atoms with van der Waals surface area (Å²) in [7, 11) is 0. The Morgan fingerprint density at radius 3 is 2.53 bits per heavy atom. The van der Waals surface area contributed by atoms with Gasteiger partial charge in [-0.3, -0.25) is 14.9 Å². The highest BCUT2D eigenvalue weighted by Crippen LogP contribution is 2.36. The van der Waals surface area contributed by atoms with E-state index >= 15 is 0 Å². The Morgan fingerprint density at radius 2 is 1.82 bits per heavy atom. The van der Waals surface area contributed by atoms with Gasteiger partial charge in [-0.05, 0) is 67.3 Å². The molecule has 0 spiro atoms. The molecule has 0 saturated heterocycles. The Morgan fingerprint density at radius 1 is 1.09 bits per heavy atom. The molecular weight excluding hydrogens is 599 g/mol. The number of hydrogen-bond donors (Lipinski definition) is 0. The van der Waals surface area contributed by atoms with Crippen LogP contribution in [0.25, 0.3) is 22.3 Å². The number of nitro groups is 1. The van der Waals surface area contributed by atoms with Crippen LogP contribution < -0.4 is 15.0 Å². The molecule has 4 aromatic carbocycles. The van der Waals surface area contributed by atoms with E-state index in [0.717, 1.165) is 27.6 Å². The Labute approximate surface area is 263 Å². The summed E-state index contributed by atoms with van der Waals surface area (Å²) in [6.07, 6.45) is 1.25. The molecule has 5 rings (SSSR count). The second-order valence-electron chi connectivity index (χ2n) is 10.6. The summed E-state index contributed by atoms with van der Waals surface area (Å²) >= 11 is 6.26. The molecule has 0 bridgehead atoms. The van der Waals surface area contributed by atoms with Gasteiger partial charge in [-0.15, -0.1) is 0 Å². The zero-order chi connectivity index (χ0) is 32.2. The van der Waals surface area contributed by atoms with Crippen LogP contribution >= 0.6 is 11.6 Å². The summed E-state index contributed by atoms with van der Waals surface area (Å²) in [4.78, 5) is 30.1. The lowest BCUT2D eigenvalue weighted by molar-refractivity contribution is -0.385. The molecule has 0 amide bonds. The van der Waals surface area contributed by atoms with E-state index in [1.807, 2.05) is 39.8 Å². The number of rotatable bonds is 10. The fourth-order valence-corrected chi connectivity index (χ4v) is 5.17. The van der Waals surface area contributed by atoms with Crippen molar-refractivity contribution in [2.75, 3.05) is 6.61 Å². The van der Waals surface area contributed by atoms with Crippen LogP contribution in [0.3, 0.4) is 0 Å². The number of para-hydroxylation sites is 1. The molecule has 0 saturated carbocycles. The van der Waals surface area contributed by atoms with Crippen LogP contribution in [0.4, 0.5) is 10.1 Å². The quantitative estimate of drug-likeness (QED) is 0.0879. The maximum absolute atomic E-state index is 14.3. The van der Waals surface area contributed by atoms with Crippen molar-refractivity contribution < 1.29 is 18.8 Å². The standard InChI is InChI=1S/C34H30ClFN4O5/c1-5-44-31-14-21(4)27(17-26(31)20(2)3)33-38-29-13-9-7-11-25(29)34(41)39(33)37-18-23-15-24(35)16-30(40(42)43)32(23)45-19-22-10-6-8-12-28(22)36/h6-18,20H,5,19H2,1-4H3. The normalized spacial score (nSPS) is 11.4. The van der Waals surface area contributed by atoms with Gasteiger partial charge in [0, 0.05) is 27.8 Å². The molecule has 0 fully saturated rings. The highest BCUT2D eigenvalue weighted by atomic mass is 35.5. The topological polar surface area (TPSA) is 109 Å². The van der Waals surface area contributed by atoms with Crippen molar-refractivity contribution >= 4 is 34.4 Å². The number of aromatic nitrogens is 2. The largest absolute Gasteiger partial charge is 0.494 e. The minimum atomic E-state index is -0.647. The van der Waals surface area contributed by atoms with Crippen molar-refractivity contribution in [2.24, 2.45) is 5.10 Å². The van der Waals surface area contributed by atoms with Gasteiger partial charge in [0.1, 0.15) is 18.2 Å². The lowest BCUT2D eigenvalue weighted by atomic mass is 9.96. The van der Waals surface area contributed by atoms with Crippen LogP contribution in [0, 0.1) is 22.9 Å². The number of nitrogens with zero attached hydrogens (tertiary/aromatic N) is 4. The van der Waals surface area contributed by atoms with Gasteiger partial charge in [0.25, 0.3) is 5.56 Å². The molecule has 0 aliphatic heterocycles. The van der Waals surface area contributed by atoms with Gasteiger partial charge in [0.05, 0.1) is 28.6 Å². The minimum absolute atomic E-state index is 0.0505. The molecular formula is C34H30ClFN4O5. The molecule has 1 heterocycles. The van der Waals surface area contributed by atoms with Crippen LogP contribution in [0.15, 0.2) is 82.7 Å². The Hall–Kier alpha value is -5.09. The van der Waals surface area contributed by atoms with E-state index in [1.165, 1.54) is 30.5 Å². The van der Waals surface area contributed by atoms with Crippen LogP contribution in [0.5, 0.6) is 11.5 Å². The lowest BCUT2D eigenvalue weighted by Crippen LogP contribution is -2.21. The lowest BCUT2D eigenvalue weighted by Gasteiger charge is -2.18. The van der Waals surface area contributed by atoms with Crippen molar-refractivity contribution in [1.82, 2.24) is 9.66 Å². The predicted octanol–water partition coefficient (Wildman–Crippen LogP) is 8.06. The first-order chi connectivity index (χ1) is 21.6. The number of ether oxygens (including phenoxy) is 2. The van der Waals surface area contributed by atoms with E-state index in [0.29, 0.717) is 23.1 Å². The summed E-state index contributed by atoms with van der Waals surface area (Å²) in [5, 5.41) is 16.9. The molecule has 0 atom stereocenters. The molecule has 230 valence electrons. The van der Waals surface area contributed by atoms with Crippen molar-refractivity contribution in [1.29, 1.82) is 0 Å². The Balaban J connectivity index is 1.70. The summed E-state index contributed by atoms with van der Waals surface area (Å²) in [6.45, 7) is 8.11. The van der Waals surface area contributed by atoms with E-state index < -0.39 is 22.0 Å². The van der Waals surface area contributed by atoms with Crippen molar-refractivity contribution in [3.8, 4) is 22.9 Å². The number of benzene rings is 4. The molecule has 0 N–H and O–H groups in total. The van der Waals surface area contributed by atoms with E-state index in [2.05, 4.69) is 5.10 Å². The van der Waals surface area contributed by atoms with Crippen molar-refractivity contribution in [3.63, 3.8) is 0 Å². The number of halogens is 2. The smallest absolute Gasteiger partial charge is 0.313 e. The van der Waals surface area contributed by atoms with Gasteiger partial charge in [0.2, 0.25) is 5.75 Å². The summed E-state index contributed by atoms with van der Waals surface area (Å²) in [5.41, 5.74) is 2.32. The fraction of sp³-hybridized carbons (Fsp3) is 0.206. The predicted molar refractivity (Wildman–Crippen MR) is 173 cm³/mol. The first kappa shape index (κ1) is 31.3. The fourth-order valence-electron chi connectivity index (χ4n) is 4.95. The molecule has 9 nitrogen and oxygen atoms in total. The molecule has 1 aromatic heterocycles. The van der Waals surface area contributed by atoms with Gasteiger partial charge in [-0.25, -0.2) is 9.37 Å². The number of hydrogen-bond acceptors (Lipinski definition) is 7. The first-order valence-electron chi connectivity index (χ1n) is 14.3. The zero-order valence-electron chi connectivity index (χ0n) is 25.1. The zero-order valence-corrected chi connectivity index (χ0v) is 25.8. The van der Waals surface area contributed by atoms with Gasteiger partial charge >= 0.3 is 5.69 Å². The monoisotopic (exact) mass is 628 g/mol. The Bertz CT molecular complexity index is 2010. The van der Waals surface area contributed by atoms with E-state index in [4.69, 9.17) is 26.1 Å². The average Bonchev–Trinajstić information content (AvgIpc) is 3.00. The van der Waals surface area contributed by atoms with E-state index in [1.54, 1.807) is 30.3 Å². The molecule has 0 unspecified atom stereocenters. The van der Waals surface area contributed by atoms with Crippen LogP contribution in [0.1, 0.15) is 48.9 Å².